The number of hydrogen-bond acceptors (Lipinski definition) is 2. The monoisotopic (exact) mass is 465 g/mol. The molecule has 2 N–H and O–H groups in total. The van der Waals surface area contributed by atoms with Gasteiger partial charge in [-0.25, -0.2) is 8.78 Å². The molecule has 24 heavy (non-hydrogen) atoms. The van der Waals surface area contributed by atoms with Gasteiger partial charge in [0.15, 0.2) is 5.96 Å². The molecule has 1 heterocycles. The first kappa shape index (κ1) is 20.8. The summed E-state index contributed by atoms with van der Waals surface area (Å²) < 4.78 is 26.7. The second-order valence-electron chi connectivity index (χ2n) is 5.39. The maximum atomic E-state index is 13.8. The van der Waals surface area contributed by atoms with Gasteiger partial charge in [-0.3, -0.25) is 4.99 Å². The van der Waals surface area contributed by atoms with Gasteiger partial charge < -0.3 is 10.6 Å². The largest absolute Gasteiger partial charge is 0.356 e. The lowest BCUT2D eigenvalue weighted by molar-refractivity contribution is 0.556. The summed E-state index contributed by atoms with van der Waals surface area (Å²) in [7, 11) is 1.69. The molecular formula is C17H22F2IN3S. The number of benzene rings is 1. The molecule has 0 saturated heterocycles. The van der Waals surface area contributed by atoms with Crippen LogP contribution in [-0.2, 0) is 6.54 Å². The van der Waals surface area contributed by atoms with Gasteiger partial charge in [0.25, 0.3) is 0 Å². The van der Waals surface area contributed by atoms with Crippen molar-refractivity contribution in [3.63, 3.8) is 0 Å². The molecule has 0 aliphatic rings. The average molecular weight is 465 g/mol. The second-order valence-corrected chi connectivity index (χ2v) is 6.76. The van der Waals surface area contributed by atoms with E-state index in [0.717, 1.165) is 6.07 Å². The molecule has 1 unspecified atom stereocenters. The smallest absolute Gasteiger partial charge is 0.191 e. The average Bonchev–Trinajstić information content (AvgIpc) is 2.92. The summed E-state index contributed by atoms with van der Waals surface area (Å²) in [4.78, 5) is 6.65. The van der Waals surface area contributed by atoms with Crippen LogP contribution in [0.25, 0.3) is 0 Å². The molecule has 0 spiro atoms. The van der Waals surface area contributed by atoms with E-state index >= 15 is 0 Å². The van der Waals surface area contributed by atoms with Gasteiger partial charge in [0.2, 0.25) is 0 Å². The van der Waals surface area contributed by atoms with Crippen LogP contribution in [0.5, 0.6) is 0 Å². The fraction of sp³-hybridized carbons (Fsp3) is 0.353. The number of nitrogens with zero attached hydrogens (tertiary/aromatic N) is 1. The van der Waals surface area contributed by atoms with Crippen molar-refractivity contribution in [1.82, 2.24) is 10.6 Å². The second kappa shape index (κ2) is 9.93. The van der Waals surface area contributed by atoms with Gasteiger partial charge in [-0.1, -0.05) is 13.0 Å². The van der Waals surface area contributed by atoms with Gasteiger partial charge in [-0.05, 0) is 30.7 Å². The Balaban J connectivity index is 0.00000288. The molecule has 2 aromatic rings. The summed E-state index contributed by atoms with van der Waals surface area (Å²) in [6.45, 7) is 5.16. The minimum atomic E-state index is -0.560. The van der Waals surface area contributed by atoms with E-state index in [0.29, 0.717) is 24.6 Å². The molecule has 3 nitrogen and oxygen atoms in total. The minimum absolute atomic E-state index is 0. The van der Waals surface area contributed by atoms with Gasteiger partial charge in [-0.2, -0.15) is 0 Å². The zero-order valence-electron chi connectivity index (χ0n) is 13.9. The zero-order valence-corrected chi connectivity index (χ0v) is 17.0. The van der Waals surface area contributed by atoms with Crippen LogP contribution < -0.4 is 10.6 Å². The molecular weight excluding hydrogens is 443 g/mol. The highest BCUT2D eigenvalue weighted by Crippen LogP contribution is 2.19. The topological polar surface area (TPSA) is 36.4 Å². The van der Waals surface area contributed by atoms with Gasteiger partial charge in [0, 0.05) is 35.3 Å². The molecule has 0 fully saturated rings. The third-order valence-corrected chi connectivity index (χ3v) is 4.52. The molecule has 132 valence electrons. The molecule has 1 aromatic carbocycles. The van der Waals surface area contributed by atoms with E-state index in [-0.39, 0.29) is 29.9 Å². The van der Waals surface area contributed by atoms with Gasteiger partial charge in [0.1, 0.15) is 11.6 Å². The van der Waals surface area contributed by atoms with E-state index in [1.54, 1.807) is 18.4 Å². The van der Waals surface area contributed by atoms with Crippen LogP contribution in [0.2, 0.25) is 0 Å². The standard InChI is InChI=1S/C17H21F2N3S.HI/c1-11(15-7-5-13(18)8-16(15)19)9-21-17(20-3)22-10-14-6-4-12(2)23-14;/h4-8,11H,9-10H2,1-3H3,(H2,20,21,22);1H. The number of guanidine groups is 1. The molecule has 0 amide bonds. The molecule has 0 aliphatic carbocycles. The summed E-state index contributed by atoms with van der Waals surface area (Å²) in [6.07, 6.45) is 0. The van der Waals surface area contributed by atoms with Crippen LogP contribution in [0.4, 0.5) is 8.78 Å². The number of thiophene rings is 1. The summed E-state index contributed by atoms with van der Waals surface area (Å²) in [5.74, 6) is -0.519. The van der Waals surface area contributed by atoms with Crippen LogP contribution in [0.3, 0.4) is 0 Å². The first-order valence-corrected chi connectivity index (χ1v) is 8.26. The van der Waals surface area contributed by atoms with Crippen LogP contribution >= 0.6 is 35.3 Å². The van der Waals surface area contributed by atoms with Crippen LogP contribution in [0.1, 0.15) is 28.2 Å². The van der Waals surface area contributed by atoms with Crippen molar-refractivity contribution in [2.24, 2.45) is 4.99 Å². The van der Waals surface area contributed by atoms with E-state index < -0.39 is 11.6 Å². The summed E-state index contributed by atoms with van der Waals surface area (Å²) in [6, 6.07) is 7.84. The highest BCUT2D eigenvalue weighted by molar-refractivity contribution is 14.0. The highest BCUT2D eigenvalue weighted by Gasteiger charge is 2.12. The van der Waals surface area contributed by atoms with Gasteiger partial charge in [0.05, 0.1) is 6.54 Å². The quantitative estimate of drug-likeness (QED) is 0.390. The van der Waals surface area contributed by atoms with E-state index in [2.05, 4.69) is 34.7 Å². The van der Waals surface area contributed by atoms with Crippen molar-refractivity contribution < 1.29 is 8.78 Å². The van der Waals surface area contributed by atoms with Gasteiger partial charge in [-0.15, -0.1) is 35.3 Å². The van der Waals surface area contributed by atoms with E-state index in [9.17, 15) is 8.78 Å². The molecule has 1 aromatic heterocycles. The Morgan fingerprint density at radius 1 is 1.21 bits per heavy atom. The highest BCUT2D eigenvalue weighted by atomic mass is 127. The Hall–Kier alpha value is -1.22. The minimum Gasteiger partial charge on any atom is -0.356 e. The molecule has 0 aliphatic heterocycles. The molecule has 0 radical (unpaired) electrons. The lowest BCUT2D eigenvalue weighted by Gasteiger charge is -2.16. The Kier molecular flexibility index (Phi) is 8.61. The number of halogens is 3. The fourth-order valence-electron chi connectivity index (χ4n) is 2.23. The molecule has 0 saturated carbocycles. The van der Waals surface area contributed by atoms with E-state index in [4.69, 9.17) is 0 Å². The lowest BCUT2D eigenvalue weighted by atomic mass is 10.0. The van der Waals surface area contributed by atoms with Crippen molar-refractivity contribution in [2.75, 3.05) is 13.6 Å². The predicted molar refractivity (Wildman–Crippen MR) is 107 cm³/mol. The SMILES string of the molecule is CN=C(NCc1ccc(C)s1)NCC(C)c1ccc(F)cc1F.I. The molecule has 0 bridgehead atoms. The Bertz CT molecular complexity index is 688. The third-order valence-electron chi connectivity index (χ3n) is 3.52. The van der Waals surface area contributed by atoms with E-state index in [1.807, 2.05) is 6.92 Å². The maximum absolute atomic E-state index is 13.8. The first-order chi connectivity index (χ1) is 11.0. The molecule has 7 heteroatoms. The number of aryl methyl sites for hydroxylation is 1. The third kappa shape index (κ3) is 6.01. The Morgan fingerprint density at radius 3 is 2.54 bits per heavy atom. The number of nitrogens with one attached hydrogen (secondary N) is 2. The number of aliphatic imine (C=N–C) groups is 1. The van der Waals surface area contributed by atoms with Crippen molar-refractivity contribution >= 4 is 41.3 Å². The summed E-state index contributed by atoms with van der Waals surface area (Å²) >= 11 is 1.73. The van der Waals surface area contributed by atoms with Crippen molar-refractivity contribution in [1.29, 1.82) is 0 Å². The number of hydrogen-bond donors (Lipinski definition) is 2. The van der Waals surface area contributed by atoms with Crippen molar-refractivity contribution in [3.8, 4) is 0 Å². The predicted octanol–water partition coefficient (Wildman–Crippen LogP) is 4.42. The summed E-state index contributed by atoms with van der Waals surface area (Å²) in [5, 5.41) is 6.39. The normalized spacial score (nSPS) is 12.5. The van der Waals surface area contributed by atoms with Crippen LogP contribution in [0.15, 0.2) is 35.3 Å². The van der Waals surface area contributed by atoms with Crippen molar-refractivity contribution in [3.05, 3.63) is 57.3 Å². The molecule has 2 rings (SSSR count). The van der Waals surface area contributed by atoms with E-state index in [1.165, 1.54) is 21.9 Å². The lowest BCUT2D eigenvalue weighted by Crippen LogP contribution is -2.38. The molecule has 1 atom stereocenters. The summed E-state index contributed by atoms with van der Waals surface area (Å²) in [5.41, 5.74) is 0.489. The van der Waals surface area contributed by atoms with Gasteiger partial charge >= 0.3 is 0 Å². The van der Waals surface area contributed by atoms with Crippen LogP contribution in [0, 0.1) is 18.6 Å². The zero-order chi connectivity index (χ0) is 16.8. The fourth-order valence-corrected chi connectivity index (χ4v) is 3.06. The Morgan fingerprint density at radius 2 is 1.96 bits per heavy atom. The van der Waals surface area contributed by atoms with Crippen LogP contribution in [-0.4, -0.2) is 19.6 Å². The van der Waals surface area contributed by atoms with Crippen molar-refractivity contribution in [2.45, 2.75) is 26.3 Å². The first-order valence-electron chi connectivity index (χ1n) is 7.44. The Labute approximate surface area is 162 Å². The maximum Gasteiger partial charge on any atom is 0.191 e. The number of rotatable bonds is 5.